The van der Waals surface area contributed by atoms with E-state index in [0.717, 1.165) is 25.8 Å². The summed E-state index contributed by atoms with van der Waals surface area (Å²) in [5.74, 6) is 0. The number of nitrogens with zero attached hydrogens (tertiary/aromatic N) is 1. The Morgan fingerprint density at radius 2 is 2.00 bits per heavy atom. The molecule has 1 N–H and O–H groups in total. The van der Waals surface area contributed by atoms with E-state index in [2.05, 4.69) is 17.1 Å². The predicted octanol–water partition coefficient (Wildman–Crippen LogP) is 2.02. The summed E-state index contributed by atoms with van der Waals surface area (Å²) >= 11 is 0. The molecule has 2 rings (SSSR count). The van der Waals surface area contributed by atoms with Gasteiger partial charge in [0.2, 0.25) is 0 Å². The third kappa shape index (κ3) is 4.23. The summed E-state index contributed by atoms with van der Waals surface area (Å²) in [7, 11) is 0. The quantitative estimate of drug-likeness (QED) is 0.795. The normalized spacial score (nSPS) is 28.4. The number of ether oxygens (including phenoxy) is 1. The summed E-state index contributed by atoms with van der Waals surface area (Å²) in [5, 5.41) is 3.69. The van der Waals surface area contributed by atoms with Crippen molar-refractivity contribution in [2.24, 2.45) is 0 Å². The predicted molar refractivity (Wildman–Crippen MR) is 71.3 cm³/mol. The van der Waals surface area contributed by atoms with Crippen LogP contribution in [0.3, 0.4) is 0 Å². The Morgan fingerprint density at radius 1 is 1.18 bits per heavy atom. The van der Waals surface area contributed by atoms with Crippen LogP contribution in [0.2, 0.25) is 0 Å². The minimum Gasteiger partial charge on any atom is -0.381 e. The second-order valence-electron chi connectivity index (χ2n) is 5.43. The van der Waals surface area contributed by atoms with E-state index in [1.54, 1.807) is 0 Å². The Kier molecular flexibility index (Phi) is 5.75. The summed E-state index contributed by atoms with van der Waals surface area (Å²) in [6, 6.07) is 1.55. The lowest BCUT2D eigenvalue weighted by molar-refractivity contribution is 0.0754. The van der Waals surface area contributed by atoms with Crippen molar-refractivity contribution in [1.82, 2.24) is 10.2 Å². The van der Waals surface area contributed by atoms with Gasteiger partial charge in [-0.05, 0) is 38.6 Å². The zero-order valence-electron chi connectivity index (χ0n) is 11.3. The van der Waals surface area contributed by atoms with Gasteiger partial charge in [-0.3, -0.25) is 4.90 Å². The minimum absolute atomic E-state index is 0.702. The van der Waals surface area contributed by atoms with E-state index in [1.807, 2.05) is 0 Å². The third-order valence-corrected chi connectivity index (χ3v) is 4.27. The third-order valence-electron chi connectivity index (χ3n) is 4.27. The first-order chi connectivity index (χ1) is 8.40. The summed E-state index contributed by atoms with van der Waals surface area (Å²) < 4.78 is 5.38. The van der Waals surface area contributed by atoms with Crippen LogP contribution in [0, 0.1) is 0 Å². The molecule has 2 aliphatic rings. The van der Waals surface area contributed by atoms with Crippen LogP contribution in [0.4, 0.5) is 0 Å². The molecule has 0 aromatic rings. The zero-order valence-corrected chi connectivity index (χ0v) is 11.3. The average Bonchev–Trinajstić information content (AvgIpc) is 2.40. The largest absolute Gasteiger partial charge is 0.381 e. The highest BCUT2D eigenvalue weighted by atomic mass is 16.5. The van der Waals surface area contributed by atoms with Crippen LogP contribution in [0.1, 0.15) is 45.4 Å². The van der Waals surface area contributed by atoms with Gasteiger partial charge in [0.15, 0.2) is 0 Å². The Hall–Kier alpha value is -0.120. The molecule has 0 aromatic heterocycles. The van der Waals surface area contributed by atoms with Gasteiger partial charge < -0.3 is 10.1 Å². The van der Waals surface area contributed by atoms with E-state index in [9.17, 15) is 0 Å². The Bertz CT molecular complexity index is 204. The van der Waals surface area contributed by atoms with Gasteiger partial charge in [0.05, 0.1) is 0 Å². The highest BCUT2D eigenvalue weighted by Crippen LogP contribution is 2.18. The van der Waals surface area contributed by atoms with Gasteiger partial charge in [0.1, 0.15) is 0 Å². The lowest BCUT2D eigenvalue weighted by Gasteiger charge is -2.35. The Balaban J connectivity index is 1.62. The lowest BCUT2D eigenvalue weighted by Crippen LogP contribution is -2.45. The molecular weight excluding hydrogens is 212 g/mol. The number of likely N-dealkylation sites (tertiary alicyclic amines) is 1. The van der Waals surface area contributed by atoms with Crippen molar-refractivity contribution in [3.63, 3.8) is 0 Å². The first-order valence-corrected chi connectivity index (χ1v) is 7.45. The van der Waals surface area contributed by atoms with Crippen molar-refractivity contribution < 1.29 is 4.74 Å². The van der Waals surface area contributed by atoms with Crippen molar-refractivity contribution in [2.75, 3.05) is 32.8 Å². The topological polar surface area (TPSA) is 24.5 Å². The summed E-state index contributed by atoms with van der Waals surface area (Å²) in [6.45, 7) is 7.91. The van der Waals surface area contributed by atoms with E-state index in [-0.39, 0.29) is 0 Å². The molecule has 0 bridgehead atoms. The smallest absolute Gasteiger partial charge is 0.0480 e. The molecule has 0 aromatic carbocycles. The van der Waals surface area contributed by atoms with Gasteiger partial charge in [0, 0.05) is 38.4 Å². The number of piperidine rings is 1. The van der Waals surface area contributed by atoms with Crippen LogP contribution in [0.25, 0.3) is 0 Å². The Morgan fingerprint density at radius 3 is 2.76 bits per heavy atom. The van der Waals surface area contributed by atoms with E-state index in [1.165, 1.54) is 51.6 Å². The van der Waals surface area contributed by atoms with E-state index in [0.29, 0.717) is 6.04 Å². The zero-order chi connectivity index (χ0) is 11.9. The molecule has 2 saturated heterocycles. The first-order valence-electron chi connectivity index (χ1n) is 7.45. The second kappa shape index (κ2) is 7.34. The van der Waals surface area contributed by atoms with Crippen molar-refractivity contribution >= 4 is 0 Å². The highest BCUT2D eigenvalue weighted by Gasteiger charge is 2.20. The molecule has 0 saturated carbocycles. The summed E-state index contributed by atoms with van der Waals surface area (Å²) in [6.07, 6.45) is 7.94. The summed E-state index contributed by atoms with van der Waals surface area (Å²) in [5.41, 5.74) is 0. The van der Waals surface area contributed by atoms with E-state index >= 15 is 0 Å². The first kappa shape index (κ1) is 13.3. The van der Waals surface area contributed by atoms with Crippen molar-refractivity contribution in [3.8, 4) is 0 Å². The fourth-order valence-corrected chi connectivity index (χ4v) is 3.13. The molecule has 17 heavy (non-hydrogen) atoms. The molecule has 0 radical (unpaired) electrons. The minimum atomic E-state index is 0.702. The number of hydrogen-bond acceptors (Lipinski definition) is 3. The van der Waals surface area contributed by atoms with Crippen LogP contribution in [0.5, 0.6) is 0 Å². The molecule has 0 aliphatic carbocycles. The Labute approximate surface area is 106 Å². The van der Waals surface area contributed by atoms with E-state index in [4.69, 9.17) is 4.74 Å². The fourth-order valence-electron chi connectivity index (χ4n) is 3.13. The SMILES string of the molecule is CCC1CCCCN1CCNC1CCOCC1. The number of nitrogens with one attached hydrogen (secondary N) is 1. The molecule has 1 atom stereocenters. The molecule has 1 unspecified atom stereocenters. The molecular formula is C14H28N2O. The van der Waals surface area contributed by atoms with Gasteiger partial charge >= 0.3 is 0 Å². The molecule has 2 aliphatic heterocycles. The van der Waals surface area contributed by atoms with Crippen LogP contribution < -0.4 is 5.32 Å². The fraction of sp³-hybridized carbons (Fsp3) is 1.00. The maximum atomic E-state index is 5.38. The molecule has 0 spiro atoms. The van der Waals surface area contributed by atoms with Gasteiger partial charge in [-0.25, -0.2) is 0 Å². The number of rotatable bonds is 5. The molecule has 100 valence electrons. The molecule has 2 fully saturated rings. The van der Waals surface area contributed by atoms with Crippen molar-refractivity contribution in [2.45, 2.75) is 57.5 Å². The standard InChI is InChI=1S/C14H28N2O/c1-2-14-5-3-4-9-16(14)10-8-15-13-6-11-17-12-7-13/h13-15H,2-12H2,1H3. The van der Waals surface area contributed by atoms with Crippen LogP contribution in [0.15, 0.2) is 0 Å². The molecule has 2 heterocycles. The summed E-state index contributed by atoms with van der Waals surface area (Å²) in [4.78, 5) is 2.69. The van der Waals surface area contributed by atoms with E-state index < -0.39 is 0 Å². The molecule has 3 heteroatoms. The van der Waals surface area contributed by atoms with Gasteiger partial charge in [-0.15, -0.1) is 0 Å². The van der Waals surface area contributed by atoms with Crippen LogP contribution >= 0.6 is 0 Å². The van der Waals surface area contributed by atoms with Crippen molar-refractivity contribution in [3.05, 3.63) is 0 Å². The molecule has 3 nitrogen and oxygen atoms in total. The van der Waals surface area contributed by atoms with Gasteiger partial charge in [-0.1, -0.05) is 13.3 Å². The maximum absolute atomic E-state index is 5.38. The van der Waals surface area contributed by atoms with Gasteiger partial charge in [-0.2, -0.15) is 0 Å². The van der Waals surface area contributed by atoms with Crippen molar-refractivity contribution in [1.29, 1.82) is 0 Å². The van der Waals surface area contributed by atoms with Gasteiger partial charge in [0.25, 0.3) is 0 Å². The monoisotopic (exact) mass is 240 g/mol. The second-order valence-corrected chi connectivity index (χ2v) is 5.43. The molecule has 0 amide bonds. The highest BCUT2D eigenvalue weighted by molar-refractivity contribution is 4.77. The average molecular weight is 240 g/mol. The van der Waals surface area contributed by atoms with Crippen LogP contribution in [-0.2, 0) is 4.74 Å². The lowest BCUT2D eigenvalue weighted by atomic mass is 10.00. The maximum Gasteiger partial charge on any atom is 0.0480 e. The number of hydrogen-bond donors (Lipinski definition) is 1. The van der Waals surface area contributed by atoms with Crippen LogP contribution in [-0.4, -0.2) is 49.8 Å².